The van der Waals surface area contributed by atoms with Crippen LogP contribution in [0, 0.1) is 5.41 Å². The standard InChI is InChI=1S/C16H24N2O2S/c1-21(19,20)14-8-6-7-13-15(14)18-12-16(11-17-13)9-4-2-3-5-10-16/h6-8,17-18H,2-5,9-12H2,1H3. The van der Waals surface area contributed by atoms with E-state index in [2.05, 4.69) is 10.6 Å². The van der Waals surface area contributed by atoms with Crippen LogP contribution in [0.15, 0.2) is 23.1 Å². The van der Waals surface area contributed by atoms with E-state index in [1.165, 1.54) is 44.8 Å². The van der Waals surface area contributed by atoms with Crippen LogP contribution in [0.1, 0.15) is 38.5 Å². The molecule has 0 bridgehead atoms. The third kappa shape index (κ3) is 3.03. The van der Waals surface area contributed by atoms with Gasteiger partial charge in [-0.05, 0) is 25.0 Å². The van der Waals surface area contributed by atoms with E-state index in [4.69, 9.17) is 0 Å². The van der Waals surface area contributed by atoms with E-state index in [1.807, 2.05) is 12.1 Å². The number of hydrogen-bond donors (Lipinski definition) is 2. The first-order chi connectivity index (χ1) is 10.0. The summed E-state index contributed by atoms with van der Waals surface area (Å²) in [6.07, 6.45) is 8.91. The van der Waals surface area contributed by atoms with Crippen molar-refractivity contribution in [3.8, 4) is 0 Å². The molecule has 1 aliphatic heterocycles. The Hall–Kier alpha value is -1.23. The summed E-state index contributed by atoms with van der Waals surface area (Å²) >= 11 is 0. The van der Waals surface area contributed by atoms with E-state index in [0.717, 1.165) is 24.5 Å². The lowest BCUT2D eigenvalue weighted by Gasteiger charge is -2.31. The minimum Gasteiger partial charge on any atom is -0.383 e. The van der Waals surface area contributed by atoms with Crippen molar-refractivity contribution < 1.29 is 8.42 Å². The Balaban J connectivity index is 1.92. The van der Waals surface area contributed by atoms with Crippen molar-refractivity contribution in [1.82, 2.24) is 0 Å². The lowest BCUT2D eigenvalue weighted by molar-refractivity contribution is 0.286. The predicted octanol–water partition coefficient (Wildman–Crippen LogP) is 3.27. The summed E-state index contributed by atoms with van der Waals surface area (Å²) in [5.74, 6) is 0. The van der Waals surface area contributed by atoms with Crippen molar-refractivity contribution in [2.24, 2.45) is 5.41 Å². The van der Waals surface area contributed by atoms with Gasteiger partial charge in [-0.15, -0.1) is 0 Å². The monoisotopic (exact) mass is 308 g/mol. The quantitative estimate of drug-likeness (QED) is 0.836. The van der Waals surface area contributed by atoms with Gasteiger partial charge in [0, 0.05) is 24.8 Å². The molecule has 1 fully saturated rings. The van der Waals surface area contributed by atoms with Gasteiger partial charge in [0.2, 0.25) is 0 Å². The minimum atomic E-state index is -3.21. The minimum absolute atomic E-state index is 0.254. The molecule has 2 N–H and O–H groups in total. The van der Waals surface area contributed by atoms with Gasteiger partial charge in [0.1, 0.15) is 0 Å². The number of sulfone groups is 1. The first kappa shape index (κ1) is 14.7. The number of nitrogens with one attached hydrogen (secondary N) is 2. The molecule has 2 aliphatic rings. The zero-order valence-electron chi connectivity index (χ0n) is 12.6. The van der Waals surface area contributed by atoms with Gasteiger partial charge < -0.3 is 10.6 Å². The Morgan fingerprint density at radius 1 is 1.00 bits per heavy atom. The molecule has 5 heteroatoms. The lowest BCUT2D eigenvalue weighted by Crippen LogP contribution is -2.34. The highest BCUT2D eigenvalue weighted by Crippen LogP contribution is 2.40. The fraction of sp³-hybridized carbons (Fsp3) is 0.625. The van der Waals surface area contributed by atoms with Gasteiger partial charge in [-0.1, -0.05) is 31.7 Å². The lowest BCUT2D eigenvalue weighted by atomic mass is 9.80. The Morgan fingerprint density at radius 3 is 2.33 bits per heavy atom. The molecule has 21 heavy (non-hydrogen) atoms. The molecule has 0 aromatic heterocycles. The molecule has 0 amide bonds. The zero-order valence-corrected chi connectivity index (χ0v) is 13.4. The predicted molar refractivity (Wildman–Crippen MR) is 86.7 cm³/mol. The van der Waals surface area contributed by atoms with Crippen LogP contribution < -0.4 is 10.6 Å². The molecule has 1 aromatic carbocycles. The molecule has 1 saturated carbocycles. The van der Waals surface area contributed by atoms with Crippen LogP contribution in [-0.2, 0) is 9.84 Å². The maximum absolute atomic E-state index is 12.0. The molecule has 1 heterocycles. The normalized spacial score (nSPS) is 21.6. The summed E-state index contributed by atoms with van der Waals surface area (Å²) < 4.78 is 23.9. The average Bonchev–Trinajstić information content (AvgIpc) is 2.78. The van der Waals surface area contributed by atoms with Crippen LogP contribution in [-0.4, -0.2) is 27.8 Å². The van der Waals surface area contributed by atoms with Gasteiger partial charge in [-0.3, -0.25) is 0 Å². The van der Waals surface area contributed by atoms with Crippen LogP contribution in [0.4, 0.5) is 11.4 Å². The Morgan fingerprint density at radius 2 is 1.67 bits per heavy atom. The van der Waals surface area contributed by atoms with Gasteiger partial charge in [0.05, 0.1) is 16.3 Å². The van der Waals surface area contributed by atoms with E-state index in [1.54, 1.807) is 6.07 Å². The van der Waals surface area contributed by atoms with Crippen LogP contribution in [0.5, 0.6) is 0 Å². The van der Waals surface area contributed by atoms with Crippen molar-refractivity contribution in [2.75, 3.05) is 30.0 Å². The van der Waals surface area contributed by atoms with E-state index in [-0.39, 0.29) is 5.41 Å². The molecule has 4 nitrogen and oxygen atoms in total. The molecule has 1 spiro atoms. The van der Waals surface area contributed by atoms with Crippen molar-refractivity contribution in [1.29, 1.82) is 0 Å². The van der Waals surface area contributed by atoms with E-state index in [9.17, 15) is 8.42 Å². The molecule has 0 atom stereocenters. The smallest absolute Gasteiger partial charge is 0.177 e. The molecule has 1 aliphatic carbocycles. The van der Waals surface area contributed by atoms with Crippen molar-refractivity contribution >= 4 is 21.2 Å². The van der Waals surface area contributed by atoms with E-state index in [0.29, 0.717) is 4.90 Å². The molecular formula is C16H24N2O2S. The fourth-order valence-corrected chi connectivity index (χ4v) is 4.50. The van der Waals surface area contributed by atoms with Gasteiger partial charge in [0.25, 0.3) is 0 Å². The maximum Gasteiger partial charge on any atom is 0.177 e. The molecular weight excluding hydrogens is 284 g/mol. The number of anilines is 2. The molecule has 0 unspecified atom stereocenters. The highest BCUT2D eigenvalue weighted by molar-refractivity contribution is 7.90. The fourth-order valence-electron chi connectivity index (χ4n) is 3.62. The summed E-state index contributed by atoms with van der Waals surface area (Å²) in [6, 6.07) is 5.47. The molecule has 0 radical (unpaired) electrons. The first-order valence-electron chi connectivity index (χ1n) is 7.81. The van der Waals surface area contributed by atoms with Gasteiger partial charge >= 0.3 is 0 Å². The molecule has 1 aromatic rings. The van der Waals surface area contributed by atoms with Crippen LogP contribution in [0.25, 0.3) is 0 Å². The molecule has 3 rings (SSSR count). The highest BCUT2D eigenvalue weighted by atomic mass is 32.2. The van der Waals surface area contributed by atoms with Crippen LogP contribution >= 0.6 is 0 Å². The van der Waals surface area contributed by atoms with E-state index < -0.39 is 9.84 Å². The van der Waals surface area contributed by atoms with Crippen molar-refractivity contribution in [2.45, 2.75) is 43.4 Å². The van der Waals surface area contributed by atoms with Gasteiger partial charge in [0.15, 0.2) is 9.84 Å². The van der Waals surface area contributed by atoms with Crippen molar-refractivity contribution in [3.63, 3.8) is 0 Å². The van der Waals surface area contributed by atoms with Gasteiger partial charge in [-0.2, -0.15) is 0 Å². The Labute approximate surface area is 127 Å². The van der Waals surface area contributed by atoms with Crippen molar-refractivity contribution in [3.05, 3.63) is 18.2 Å². The summed E-state index contributed by atoms with van der Waals surface area (Å²) in [7, 11) is -3.21. The Kier molecular flexibility index (Phi) is 3.86. The molecule has 0 saturated heterocycles. The second kappa shape index (κ2) is 5.52. The summed E-state index contributed by atoms with van der Waals surface area (Å²) in [4.78, 5) is 0.401. The average molecular weight is 308 g/mol. The topological polar surface area (TPSA) is 58.2 Å². The Bertz CT molecular complexity index is 617. The SMILES string of the molecule is CS(=O)(=O)c1cccc2c1NCC1(CCCCCC1)CN2. The third-order valence-electron chi connectivity index (χ3n) is 4.88. The van der Waals surface area contributed by atoms with Crippen LogP contribution in [0.2, 0.25) is 0 Å². The maximum atomic E-state index is 12.0. The number of fused-ring (bicyclic) bond motifs is 1. The molecule has 116 valence electrons. The second-order valence-corrected chi connectivity index (χ2v) is 8.56. The number of para-hydroxylation sites is 1. The van der Waals surface area contributed by atoms with Gasteiger partial charge in [-0.25, -0.2) is 8.42 Å². The highest BCUT2D eigenvalue weighted by Gasteiger charge is 2.33. The second-order valence-electron chi connectivity index (χ2n) is 6.57. The number of benzene rings is 1. The van der Waals surface area contributed by atoms with E-state index >= 15 is 0 Å². The van der Waals surface area contributed by atoms with Crippen LogP contribution in [0.3, 0.4) is 0 Å². The summed E-state index contributed by atoms with van der Waals surface area (Å²) in [5.41, 5.74) is 1.92. The zero-order chi connectivity index (χ0) is 14.9. The number of hydrogen-bond acceptors (Lipinski definition) is 4. The first-order valence-corrected chi connectivity index (χ1v) is 9.70. The largest absolute Gasteiger partial charge is 0.383 e. The summed E-state index contributed by atoms with van der Waals surface area (Å²) in [6.45, 7) is 1.79. The number of rotatable bonds is 1. The summed E-state index contributed by atoms with van der Waals surface area (Å²) in [5, 5.41) is 6.95. The third-order valence-corrected chi connectivity index (χ3v) is 6.02.